The summed E-state index contributed by atoms with van der Waals surface area (Å²) in [6.45, 7) is 3.57. The Hall–Kier alpha value is -0.610. The Kier molecular flexibility index (Phi) is 4.80. The predicted octanol–water partition coefficient (Wildman–Crippen LogP) is 0.749. The van der Waals surface area contributed by atoms with Crippen LogP contribution in [0.4, 0.5) is 0 Å². The van der Waals surface area contributed by atoms with Crippen molar-refractivity contribution < 1.29 is 9.90 Å². The lowest BCUT2D eigenvalue weighted by Crippen LogP contribution is -2.42. The molecule has 2 aliphatic heterocycles. The highest BCUT2D eigenvalue weighted by molar-refractivity contribution is 5.76. The molecule has 2 aliphatic rings. The maximum absolute atomic E-state index is 12.0. The number of rotatable bonds is 3. The molecule has 98 valence electrons. The second-order valence-electron chi connectivity index (χ2n) is 5.39. The third-order valence-electron chi connectivity index (χ3n) is 3.91. The van der Waals surface area contributed by atoms with E-state index in [1.54, 1.807) is 0 Å². The van der Waals surface area contributed by atoms with Crippen molar-refractivity contribution >= 4 is 5.91 Å². The fraction of sp³-hybridized carbons (Fsp3) is 0.923. The number of likely N-dealkylation sites (tertiary alicyclic amines) is 1. The first-order chi connectivity index (χ1) is 8.25. The lowest BCUT2D eigenvalue weighted by atomic mass is 9.94. The van der Waals surface area contributed by atoms with Gasteiger partial charge in [0.25, 0.3) is 0 Å². The monoisotopic (exact) mass is 240 g/mol. The third-order valence-corrected chi connectivity index (χ3v) is 3.91. The molecular formula is C13H24N2O2. The summed E-state index contributed by atoms with van der Waals surface area (Å²) in [6.07, 6.45) is 5.62. The minimum absolute atomic E-state index is 0.231. The molecule has 17 heavy (non-hydrogen) atoms. The van der Waals surface area contributed by atoms with E-state index in [2.05, 4.69) is 5.32 Å². The largest absolute Gasteiger partial charge is 0.391 e. The molecule has 0 aliphatic carbocycles. The number of β-amino-alcohol motifs (C(OH)–C–C–N with tert-alkyl or cyclic N) is 1. The minimum atomic E-state index is -0.302. The van der Waals surface area contributed by atoms with E-state index in [1.165, 1.54) is 12.8 Å². The summed E-state index contributed by atoms with van der Waals surface area (Å²) in [5.41, 5.74) is 0. The van der Waals surface area contributed by atoms with Gasteiger partial charge in [-0.05, 0) is 51.1 Å². The van der Waals surface area contributed by atoms with E-state index in [9.17, 15) is 9.90 Å². The summed E-state index contributed by atoms with van der Waals surface area (Å²) in [4.78, 5) is 13.8. The van der Waals surface area contributed by atoms with Gasteiger partial charge < -0.3 is 15.3 Å². The SMILES string of the molecule is O=C(CCC1CCCNC1)N1CCC[C@H](O)C1. The van der Waals surface area contributed by atoms with Crippen molar-refractivity contribution in [2.45, 2.75) is 44.6 Å². The molecule has 4 heteroatoms. The molecule has 2 fully saturated rings. The van der Waals surface area contributed by atoms with Gasteiger partial charge in [0.1, 0.15) is 0 Å². The highest BCUT2D eigenvalue weighted by Gasteiger charge is 2.22. The normalized spacial score (nSPS) is 30.3. The summed E-state index contributed by atoms with van der Waals surface area (Å²) in [5.74, 6) is 0.900. The molecule has 2 heterocycles. The van der Waals surface area contributed by atoms with Crippen LogP contribution in [-0.4, -0.2) is 48.2 Å². The molecule has 1 amide bonds. The van der Waals surface area contributed by atoms with E-state index < -0.39 is 0 Å². The lowest BCUT2D eigenvalue weighted by molar-refractivity contribution is -0.134. The molecule has 0 aromatic rings. The van der Waals surface area contributed by atoms with Crippen LogP contribution in [0.5, 0.6) is 0 Å². The topological polar surface area (TPSA) is 52.6 Å². The van der Waals surface area contributed by atoms with Crippen LogP contribution in [0.2, 0.25) is 0 Å². The smallest absolute Gasteiger partial charge is 0.222 e. The van der Waals surface area contributed by atoms with Crippen molar-refractivity contribution in [2.24, 2.45) is 5.92 Å². The van der Waals surface area contributed by atoms with Crippen LogP contribution < -0.4 is 5.32 Å². The molecule has 0 aromatic heterocycles. The number of nitrogens with one attached hydrogen (secondary N) is 1. The molecule has 4 nitrogen and oxygen atoms in total. The van der Waals surface area contributed by atoms with Crippen LogP contribution in [0, 0.1) is 5.92 Å². The Morgan fingerprint density at radius 1 is 1.35 bits per heavy atom. The summed E-state index contributed by atoms with van der Waals surface area (Å²) in [5, 5.41) is 12.9. The summed E-state index contributed by atoms with van der Waals surface area (Å²) >= 11 is 0. The molecule has 0 spiro atoms. The fourth-order valence-electron chi connectivity index (χ4n) is 2.84. The van der Waals surface area contributed by atoms with Crippen molar-refractivity contribution in [1.29, 1.82) is 0 Å². The van der Waals surface area contributed by atoms with Crippen molar-refractivity contribution in [2.75, 3.05) is 26.2 Å². The van der Waals surface area contributed by atoms with Gasteiger partial charge in [0.2, 0.25) is 5.91 Å². The molecule has 0 bridgehead atoms. The number of aliphatic hydroxyl groups excluding tert-OH is 1. The van der Waals surface area contributed by atoms with Crippen LogP contribution in [0.1, 0.15) is 38.5 Å². The van der Waals surface area contributed by atoms with E-state index in [4.69, 9.17) is 0 Å². The molecule has 2 N–H and O–H groups in total. The fourth-order valence-corrected chi connectivity index (χ4v) is 2.84. The van der Waals surface area contributed by atoms with Crippen molar-refractivity contribution in [3.8, 4) is 0 Å². The van der Waals surface area contributed by atoms with Crippen molar-refractivity contribution in [1.82, 2.24) is 10.2 Å². The van der Waals surface area contributed by atoms with Gasteiger partial charge in [0.05, 0.1) is 6.10 Å². The van der Waals surface area contributed by atoms with Crippen molar-refractivity contribution in [3.63, 3.8) is 0 Å². The van der Waals surface area contributed by atoms with Crippen LogP contribution in [0.25, 0.3) is 0 Å². The zero-order chi connectivity index (χ0) is 12.1. The standard InChI is InChI=1S/C13H24N2O2/c16-12-4-2-8-15(10-12)13(17)6-5-11-3-1-7-14-9-11/h11-12,14,16H,1-10H2/t11?,12-/m0/s1. The van der Waals surface area contributed by atoms with Gasteiger partial charge in [0, 0.05) is 19.5 Å². The molecule has 2 atom stereocenters. The Balaban J connectivity index is 1.69. The molecule has 0 radical (unpaired) electrons. The third kappa shape index (κ3) is 3.96. The van der Waals surface area contributed by atoms with Gasteiger partial charge in [-0.3, -0.25) is 4.79 Å². The zero-order valence-corrected chi connectivity index (χ0v) is 10.5. The quantitative estimate of drug-likeness (QED) is 0.765. The number of hydrogen-bond acceptors (Lipinski definition) is 3. The predicted molar refractivity (Wildman–Crippen MR) is 66.6 cm³/mol. The van der Waals surface area contributed by atoms with E-state index in [1.807, 2.05) is 4.90 Å². The maximum atomic E-state index is 12.0. The van der Waals surface area contributed by atoms with Gasteiger partial charge in [-0.2, -0.15) is 0 Å². The summed E-state index contributed by atoms with van der Waals surface area (Å²) in [7, 11) is 0. The molecule has 0 aromatic carbocycles. The number of carbonyl (C=O) groups excluding carboxylic acids is 1. The van der Waals surface area contributed by atoms with Crippen LogP contribution in [0.3, 0.4) is 0 Å². The lowest BCUT2D eigenvalue weighted by Gasteiger charge is -2.31. The highest BCUT2D eigenvalue weighted by Crippen LogP contribution is 2.18. The Morgan fingerprint density at radius 2 is 2.24 bits per heavy atom. The van der Waals surface area contributed by atoms with Crippen molar-refractivity contribution in [3.05, 3.63) is 0 Å². The summed E-state index contributed by atoms with van der Waals surface area (Å²) in [6, 6.07) is 0. The first-order valence-electron chi connectivity index (χ1n) is 6.92. The number of aliphatic hydroxyl groups is 1. The number of amides is 1. The minimum Gasteiger partial charge on any atom is -0.391 e. The molecule has 2 rings (SSSR count). The molecule has 2 saturated heterocycles. The van der Waals surface area contributed by atoms with Crippen LogP contribution >= 0.6 is 0 Å². The number of nitrogens with zero attached hydrogens (tertiary/aromatic N) is 1. The second-order valence-corrected chi connectivity index (χ2v) is 5.39. The molecular weight excluding hydrogens is 216 g/mol. The number of hydrogen-bond donors (Lipinski definition) is 2. The van der Waals surface area contributed by atoms with Gasteiger partial charge in [-0.15, -0.1) is 0 Å². The van der Waals surface area contributed by atoms with E-state index >= 15 is 0 Å². The first-order valence-corrected chi connectivity index (χ1v) is 6.92. The van der Waals surface area contributed by atoms with E-state index in [-0.39, 0.29) is 12.0 Å². The summed E-state index contributed by atoms with van der Waals surface area (Å²) < 4.78 is 0. The van der Waals surface area contributed by atoms with E-state index in [0.717, 1.165) is 38.9 Å². The number of piperidine rings is 2. The van der Waals surface area contributed by atoms with Crippen LogP contribution in [0.15, 0.2) is 0 Å². The van der Waals surface area contributed by atoms with Crippen LogP contribution in [-0.2, 0) is 4.79 Å². The Morgan fingerprint density at radius 3 is 2.94 bits per heavy atom. The van der Waals surface area contributed by atoms with Gasteiger partial charge >= 0.3 is 0 Å². The Bertz CT molecular complexity index is 252. The highest BCUT2D eigenvalue weighted by atomic mass is 16.3. The van der Waals surface area contributed by atoms with Gasteiger partial charge in [-0.25, -0.2) is 0 Å². The molecule has 1 unspecified atom stereocenters. The van der Waals surface area contributed by atoms with E-state index in [0.29, 0.717) is 18.9 Å². The second kappa shape index (κ2) is 6.36. The average Bonchev–Trinajstić information content (AvgIpc) is 2.37. The zero-order valence-electron chi connectivity index (χ0n) is 10.5. The molecule has 0 saturated carbocycles. The Labute approximate surface area is 103 Å². The van der Waals surface area contributed by atoms with Gasteiger partial charge in [0.15, 0.2) is 0 Å². The first kappa shape index (κ1) is 12.8. The average molecular weight is 240 g/mol. The number of carbonyl (C=O) groups is 1. The van der Waals surface area contributed by atoms with Gasteiger partial charge in [-0.1, -0.05) is 0 Å². The maximum Gasteiger partial charge on any atom is 0.222 e.